The first-order chi connectivity index (χ1) is 11.0. The van der Waals surface area contributed by atoms with Crippen molar-refractivity contribution in [3.63, 3.8) is 0 Å². The van der Waals surface area contributed by atoms with Crippen molar-refractivity contribution < 1.29 is 17.7 Å². The van der Waals surface area contributed by atoms with Gasteiger partial charge in [-0.1, -0.05) is 44.4 Å². The Morgan fingerprint density at radius 3 is 2.39 bits per heavy atom. The molecule has 124 valence electrons. The molecule has 4 nitrogen and oxygen atoms in total. The van der Waals surface area contributed by atoms with Crippen molar-refractivity contribution in [2.45, 2.75) is 43.9 Å². The Labute approximate surface area is 137 Å². The Kier molecular flexibility index (Phi) is 6.19. The molecular formula is C18H22O4S. The second kappa shape index (κ2) is 8.13. The molecule has 0 aliphatic rings. The lowest BCUT2D eigenvalue weighted by atomic mass is 10.1. The molecule has 0 radical (unpaired) electrons. The van der Waals surface area contributed by atoms with Crippen molar-refractivity contribution in [3.05, 3.63) is 54.1 Å². The van der Waals surface area contributed by atoms with Gasteiger partial charge in [-0.05, 0) is 48.7 Å². The van der Waals surface area contributed by atoms with Gasteiger partial charge in [0.2, 0.25) is 0 Å². The Bertz CT molecular complexity index is 724. The molecule has 0 heterocycles. The summed E-state index contributed by atoms with van der Waals surface area (Å²) in [6, 6.07) is 13.8. The molecule has 0 spiro atoms. The summed E-state index contributed by atoms with van der Waals surface area (Å²) in [5.41, 5.74) is 0.792. The van der Waals surface area contributed by atoms with Gasteiger partial charge in [-0.15, -0.1) is 0 Å². The summed E-state index contributed by atoms with van der Waals surface area (Å²) in [7, 11) is -4.21. The number of hydrogen-bond acceptors (Lipinski definition) is 3. The molecule has 23 heavy (non-hydrogen) atoms. The monoisotopic (exact) mass is 334 g/mol. The largest absolute Gasteiger partial charge is 0.457 e. The smallest absolute Gasteiger partial charge is 0.294 e. The van der Waals surface area contributed by atoms with Crippen molar-refractivity contribution in [2.75, 3.05) is 0 Å². The van der Waals surface area contributed by atoms with Crippen LogP contribution in [0.5, 0.6) is 11.5 Å². The minimum Gasteiger partial charge on any atom is -0.457 e. The Hall–Kier alpha value is -1.85. The van der Waals surface area contributed by atoms with Gasteiger partial charge in [0.05, 0.1) is 4.90 Å². The highest BCUT2D eigenvalue weighted by Crippen LogP contribution is 2.29. The lowest BCUT2D eigenvalue weighted by Gasteiger charge is -2.12. The molecule has 0 aromatic heterocycles. The SMILES string of the molecule is CCCCCCc1cc(S(=O)(=O)O)ccc1Oc1ccccc1. The van der Waals surface area contributed by atoms with Crippen molar-refractivity contribution in [1.82, 2.24) is 0 Å². The zero-order valence-corrected chi connectivity index (χ0v) is 14.1. The van der Waals surface area contributed by atoms with E-state index in [4.69, 9.17) is 4.74 Å². The van der Waals surface area contributed by atoms with Crippen molar-refractivity contribution in [2.24, 2.45) is 0 Å². The topological polar surface area (TPSA) is 63.6 Å². The highest BCUT2D eigenvalue weighted by atomic mass is 32.2. The van der Waals surface area contributed by atoms with Gasteiger partial charge in [0, 0.05) is 0 Å². The number of ether oxygens (including phenoxy) is 1. The molecule has 0 bridgehead atoms. The fourth-order valence-electron chi connectivity index (χ4n) is 2.37. The maximum absolute atomic E-state index is 11.3. The molecule has 2 aromatic carbocycles. The minimum absolute atomic E-state index is 0.0941. The summed E-state index contributed by atoms with van der Waals surface area (Å²) in [6.45, 7) is 2.14. The molecule has 0 atom stereocenters. The minimum atomic E-state index is -4.21. The van der Waals surface area contributed by atoms with E-state index >= 15 is 0 Å². The van der Waals surface area contributed by atoms with E-state index in [2.05, 4.69) is 6.92 Å². The van der Waals surface area contributed by atoms with Crippen LogP contribution in [0, 0.1) is 0 Å². The molecule has 1 N–H and O–H groups in total. The second-order valence-corrected chi connectivity index (χ2v) is 6.89. The molecular weight excluding hydrogens is 312 g/mol. The average molecular weight is 334 g/mol. The van der Waals surface area contributed by atoms with E-state index in [1.54, 1.807) is 6.07 Å². The first-order valence-electron chi connectivity index (χ1n) is 7.84. The van der Waals surface area contributed by atoms with E-state index in [0.29, 0.717) is 17.9 Å². The fraction of sp³-hybridized carbons (Fsp3) is 0.333. The highest BCUT2D eigenvalue weighted by Gasteiger charge is 2.14. The van der Waals surface area contributed by atoms with Gasteiger partial charge in [0.1, 0.15) is 11.5 Å². The zero-order chi connectivity index (χ0) is 16.7. The van der Waals surface area contributed by atoms with Crippen LogP contribution >= 0.6 is 0 Å². The number of hydrogen-bond donors (Lipinski definition) is 1. The van der Waals surface area contributed by atoms with Crippen LogP contribution in [0.2, 0.25) is 0 Å². The third kappa shape index (κ3) is 5.37. The summed E-state index contributed by atoms with van der Waals surface area (Å²) in [5, 5.41) is 0. The van der Waals surface area contributed by atoms with Crippen LogP contribution in [0.1, 0.15) is 38.2 Å². The van der Waals surface area contributed by atoms with Crippen LogP contribution in [0.25, 0.3) is 0 Å². The lowest BCUT2D eigenvalue weighted by Crippen LogP contribution is -2.01. The van der Waals surface area contributed by atoms with E-state index < -0.39 is 10.1 Å². The summed E-state index contributed by atoms with van der Waals surface area (Å²) in [6.07, 6.45) is 5.03. The predicted octanol–water partition coefficient (Wildman–Crippen LogP) is 4.85. The van der Waals surface area contributed by atoms with Crippen LogP contribution < -0.4 is 4.74 Å². The summed E-state index contributed by atoms with van der Waals surface area (Å²) < 4.78 is 37.8. The Balaban J connectivity index is 2.24. The number of rotatable bonds is 8. The number of benzene rings is 2. The molecule has 0 saturated carbocycles. The average Bonchev–Trinajstić information content (AvgIpc) is 2.53. The highest BCUT2D eigenvalue weighted by molar-refractivity contribution is 7.85. The first-order valence-corrected chi connectivity index (χ1v) is 9.28. The summed E-state index contributed by atoms with van der Waals surface area (Å²) in [5.74, 6) is 1.32. The number of aryl methyl sites for hydroxylation is 1. The molecule has 2 aromatic rings. The van der Waals surface area contributed by atoms with Crippen LogP contribution in [0.4, 0.5) is 0 Å². The Morgan fingerprint density at radius 2 is 1.74 bits per heavy atom. The van der Waals surface area contributed by atoms with Gasteiger partial charge in [0.25, 0.3) is 10.1 Å². The normalized spacial score (nSPS) is 11.4. The third-order valence-corrected chi connectivity index (χ3v) is 4.45. The molecule has 0 aliphatic carbocycles. The third-order valence-electron chi connectivity index (χ3n) is 3.60. The number of para-hydroxylation sites is 1. The van der Waals surface area contributed by atoms with Crippen LogP contribution in [0.3, 0.4) is 0 Å². The summed E-state index contributed by atoms with van der Waals surface area (Å²) >= 11 is 0. The Morgan fingerprint density at radius 1 is 1.00 bits per heavy atom. The molecule has 2 rings (SSSR count). The second-order valence-electron chi connectivity index (χ2n) is 5.47. The molecule has 0 fully saturated rings. The zero-order valence-electron chi connectivity index (χ0n) is 13.2. The molecule has 0 unspecified atom stereocenters. The molecule has 5 heteroatoms. The van der Waals surface area contributed by atoms with Crippen molar-refractivity contribution in [1.29, 1.82) is 0 Å². The van der Waals surface area contributed by atoms with Gasteiger partial charge in [-0.25, -0.2) is 0 Å². The fourth-order valence-corrected chi connectivity index (χ4v) is 2.90. The quantitative estimate of drug-likeness (QED) is 0.554. The summed E-state index contributed by atoms with van der Waals surface area (Å²) in [4.78, 5) is -0.0941. The van der Waals surface area contributed by atoms with Crippen LogP contribution in [0.15, 0.2) is 53.4 Å². The maximum atomic E-state index is 11.3. The molecule has 0 aliphatic heterocycles. The lowest BCUT2D eigenvalue weighted by molar-refractivity contribution is 0.471. The van der Waals surface area contributed by atoms with E-state index in [9.17, 15) is 13.0 Å². The maximum Gasteiger partial charge on any atom is 0.294 e. The van der Waals surface area contributed by atoms with Gasteiger partial charge in [0.15, 0.2) is 0 Å². The van der Waals surface area contributed by atoms with E-state index in [1.165, 1.54) is 12.1 Å². The van der Waals surface area contributed by atoms with Gasteiger partial charge >= 0.3 is 0 Å². The molecule has 0 amide bonds. The van der Waals surface area contributed by atoms with Crippen molar-refractivity contribution in [3.8, 4) is 11.5 Å². The van der Waals surface area contributed by atoms with E-state index in [-0.39, 0.29) is 4.90 Å². The predicted molar refractivity (Wildman–Crippen MR) is 90.6 cm³/mol. The number of unbranched alkanes of at least 4 members (excludes halogenated alkanes) is 3. The van der Waals surface area contributed by atoms with E-state index in [0.717, 1.165) is 31.2 Å². The van der Waals surface area contributed by atoms with Crippen LogP contribution in [-0.2, 0) is 16.5 Å². The van der Waals surface area contributed by atoms with Crippen LogP contribution in [-0.4, -0.2) is 13.0 Å². The molecule has 0 saturated heterocycles. The first kappa shape index (κ1) is 17.5. The van der Waals surface area contributed by atoms with Gasteiger partial charge in [-0.3, -0.25) is 4.55 Å². The van der Waals surface area contributed by atoms with Gasteiger partial charge < -0.3 is 4.74 Å². The standard InChI is InChI=1S/C18H22O4S/c1-2-3-4-6-9-15-14-17(23(19,20)21)12-13-18(15)22-16-10-7-5-8-11-16/h5,7-8,10-14H,2-4,6,9H2,1H3,(H,19,20,21). The van der Waals surface area contributed by atoms with E-state index in [1.807, 2.05) is 30.3 Å². The van der Waals surface area contributed by atoms with Crippen molar-refractivity contribution >= 4 is 10.1 Å². The van der Waals surface area contributed by atoms with Gasteiger partial charge in [-0.2, -0.15) is 8.42 Å².